The lowest BCUT2D eigenvalue weighted by Crippen LogP contribution is -3.27. The molecule has 0 aliphatic carbocycles. The minimum Gasteiger partial charge on any atom is -0.493 e. The van der Waals surface area contributed by atoms with Crippen molar-refractivity contribution >= 4 is 16.3 Å². The van der Waals surface area contributed by atoms with Crippen LogP contribution < -0.4 is 19.3 Å². The number of likely N-dealkylation sites (N-methyl/N-ethyl adjacent to an activating group) is 1. The molecule has 3 heterocycles. The Morgan fingerprint density at radius 2 is 2.00 bits per heavy atom. The summed E-state index contributed by atoms with van der Waals surface area (Å²) < 4.78 is 12.8. The lowest BCUT2D eigenvalue weighted by atomic mass is 10.0. The quantitative estimate of drug-likeness (QED) is 0.512. The normalized spacial score (nSPS) is 20.7. The Labute approximate surface area is 174 Å². The average molecular weight is 420 g/mol. The monoisotopic (exact) mass is 419 g/mol. The molecule has 3 N–H and O–H groups in total. The minimum atomic E-state index is -0.0125. The SMILES string of the molecule is CCOc1ccc([C@H](c2sc3nc(C)nn3c2O)[NH+]2CC[NH+](C)CC2)cc1OC. The fourth-order valence-electron chi connectivity index (χ4n) is 4.03. The summed E-state index contributed by atoms with van der Waals surface area (Å²) in [6.45, 7) is 8.63. The summed E-state index contributed by atoms with van der Waals surface area (Å²) in [5, 5.41) is 15.3. The van der Waals surface area contributed by atoms with Crippen LogP contribution >= 0.6 is 11.3 Å². The molecule has 0 saturated carbocycles. The summed E-state index contributed by atoms with van der Waals surface area (Å²) in [5.74, 6) is 2.29. The Balaban J connectivity index is 1.80. The number of nitrogens with zero attached hydrogens (tertiary/aromatic N) is 3. The largest absolute Gasteiger partial charge is 0.493 e. The molecular weight excluding hydrogens is 390 g/mol. The van der Waals surface area contributed by atoms with E-state index in [9.17, 15) is 5.11 Å². The number of nitrogens with one attached hydrogen (secondary N) is 2. The van der Waals surface area contributed by atoms with Gasteiger partial charge in [0.05, 0.1) is 20.8 Å². The number of benzene rings is 1. The van der Waals surface area contributed by atoms with E-state index < -0.39 is 0 Å². The first-order valence-electron chi connectivity index (χ1n) is 10.0. The average Bonchev–Trinajstić information content (AvgIpc) is 3.22. The van der Waals surface area contributed by atoms with Crippen LogP contribution in [0.15, 0.2) is 18.2 Å². The number of piperazine rings is 1. The van der Waals surface area contributed by atoms with E-state index in [1.807, 2.05) is 26.0 Å². The number of methoxy groups -OCH3 is 1. The summed E-state index contributed by atoms with van der Waals surface area (Å²) >= 11 is 1.51. The van der Waals surface area contributed by atoms with Crippen molar-refractivity contribution in [3.63, 3.8) is 0 Å². The zero-order valence-corrected chi connectivity index (χ0v) is 18.2. The molecule has 4 rings (SSSR count). The molecule has 1 aliphatic rings. The number of aryl methyl sites for hydroxylation is 1. The summed E-state index contributed by atoms with van der Waals surface area (Å²) in [7, 11) is 3.89. The zero-order chi connectivity index (χ0) is 20.5. The van der Waals surface area contributed by atoms with Gasteiger partial charge in [-0.15, -0.1) is 5.10 Å². The molecule has 1 aliphatic heterocycles. The molecule has 0 bridgehead atoms. The van der Waals surface area contributed by atoms with Crippen molar-refractivity contribution in [3.05, 3.63) is 34.5 Å². The van der Waals surface area contributed by atoms with Gasteiger partial charge < -0.3 is 24.4 Å². The second-order valence-electron chi connectivity index (χ2n) is 7.53. The molecular formula is C20H29N5O3S+2. The zero-order valence-electron chi connectivity index (χ0n) is 17.4. The maximum atomic E-state index is 11.0. The molecule has 1 saturated heterocycles. The first-order valence-corrected chi connectivity index (χ1v) is 10.8. The number of quaternary nitrogens is 2. The van der Waals surface area contributed by atoms with Gasteiger partial charge in [0, 0.05) is 5.56 Å². The number of rotatable bonds is 6. The molecule has 0 spiro atoms. The number of hydrogen-bond donors (Lipinski definition) is 3. The lowest BCUT2D eigenvalue weighted by molar-refractivity contribution is -1.02. The van der Waals surface area contributed by atoms with Crippen LogP contribution in [-0.4, -0.2) is 66.6 Å². The summed E-state index contributed by atoms with van der Waals surface area (Å²) in [6, 6.07) is 6.07. The number of fused-ring (bicyclic) bond motifs is 1. The van der Waals surface area contributed by atoms with Gasteiger partial charge in [0.25, 0.3) is 0 Å². The van der Waals surface area contributed by atoms with E-state index in [4.69, 9.17) is 9.47 Å². The van der Waals surface area contributed by atoms with Gasteiger partial charge in [-0.1, -0.05) is 11.3 Å². The van der Waals surface area contributed by atoms with Gasteiger partial charge in [-0.25, -0.2) is 4.98 Å². The number of aromatic nitrogens is 3. The van der Waals surface area contributed by atoms with Crippen molar-refractivity contribution in [3.8, 4) is 17.4 Å². The maximum Gasteiger partial charge on any atom is 0.235 e. The molecule has 1 fully saturated rings. The number of aromatic hydroxyl groups is 1. The van der Waals surface area contributed by atoms with Crippen molar-refractivity contribution in [1.29, 1.82) is 0 Å². The molecule has 0 radical (unpaired) electrons. The van der Waals surface area contributed by atoms with Crippen molar-refractivity contribution in [1.82, 2.24) is 14.6 Å². The summed E-state index contributed by atoms with van der Waals surface area (Å²) in [4.78, 5) is 9.03. The van der Waals surface area contributed by atoms with E-state index in [-0.39, 0.29) is 11.9 Å². The van der Waals surface area contributed by atoms with Crippen molar-refractivity contribution in [2.24, 2.45) is 0 Å². The predicted octanol–water partition coefficient (Wildman–Crippen LogP) is -0.285. The lowest BCUT2D eigenvalue weighted by Gasteiger charge is -2.33. The van der Waals surface area contributed by atoms with E-state index in [1.165, 1.54) is 16.2 Å². The van der Waals surface area contributed by atoms with Gasteiger partial charge in [0.15, 0.2) is 17.5 Å². The molecule has 1 atom stereocenters. The predicted molar refractivity (Wildman–Crippen MR) is 111 cm³/mol. The minimum absolute atomic E-state index is 0.0125. The van der Waals surface area contributed by atoms with Crippen LogP contribution in [0.25, 0.3) is 4.96 Å². The van der Waals surface area contributed by atoms with Crippen molar-refractivity contribution in [2.75, 3.05) is 46.9 Å². The molecule has 0 unspecified atom stereocenters. The first kappa shape index (κ1) is 19.9. The standard InChI is InChI=1S/C20H27N5O3S/c1-5-28-15-7-6-14(12-16(15)27-4)17(24-10-8-23(3)9-11-24)18-19(26)25-20(29-18)21-13(2)22-25/h6-7,12,17,26H,5,8-11H2,1-4H3/p+2/t17-/m1/s1. The Hall–Kier alpha value is -2.36. The molecule has 0 amide bonds. The van der Waals surface area contributed by atoms with Gasteiger partial charge in [-0.05, 0) is 32.0 Å². The van der Waals surface area contributed by atoms with Crippen LogP contribution in [0.2, 0.25) is 0 Å². The molecule has 29 heavy (non-hydrogen) atoms. The van der Waals surface area contributed by atoms with E-state index in [0.29, 0.717) is 18.2 Å². The van der Waals surface area contributed by atoms with E-state index >= 15 is 0 Å². The highest BCUT2D eigenvalue weighted by Crippen LogP contribution is 2.37. The highest BCUT2D eigenvalue weighted by Gasteiger charge is 2.36. The van der Waals surface area contributed by atoms with Crippen LogP contribution in [0, 0.1) is 6.92 Å². The Morgan fingerprint density at radius 3 is 2.66 bits per heavy atom. The van der Waals surface area contributed by atoms with Gasteiger partial charge in [-0.3, -0.25) is 0 Å². The van der Waals surface area contributed by atoms with E-state index in [1.54, 1.807) is 16.5 Å². The third-order valence-corrected chi connectivity index (χ3v) is 6.63. The Bertz CT molecular complexity index is 994. The smallest absolute Gasteiger partial charge is 0.235 e. The Kier molecular flexibility index (Phi) is 5.62. The summed E-state index contributed by atoms with van der Waals surface area (Å²) in [5.41, 5.74) is 1.09. The van der Waals surface area contributed by atoms with E-state index in [2.05, 4.69) is 23.2 Å². The van der Waals surface area contributed by atoms with Crippen LogP contribution in [0.1, 0.15) is 29.2 Å². The second-order valence-corrected chi connectivity index (χ2v) is 8.54. The fraction of sp³-hybridized carbons (Fsp3) is 0.500. The maximum absolute atomic E-state index is 11.0. The van der Waals surface area contributed by atoms with Crippen LogP contribution in [-0.2, 0) is 0 Å². The van der Waals surface area contributed by atoms with Crippen LogP contribution in [0.5, 0.6) is 17.4 Å². The fourth-order valence-corrected chi connectivity index (χ4v) is 5.22. The van der Waals surface area contributed by atoms with E-state index in [0.717, 1.165) is 47.3 Å². The van der Waals surface area contributed by atoms with Crippen molar-refractivity contribution < 1.29 is 24.4 Å². The molecule has 8 nitrogen and oxygen atoms in total. The van der Waals surface area contributed by atoms with Gasteiger partial charge in [-0.2, -0.15) is 4.52 Å². The number of ether oxygens (including phenoxy) is 2. The van der Waals surface area contributed by atoms with Crippen molar-refractivity contribution in [2.45, 2.75) is 19.9 Å². The second kappa shape index (κ2) is 8.17. The van der Waals surface area contributed by atoms with Gasteiger partial charge in [0.1, 0.15) is 36.9 Å². The molecule has 3 aromatic rings. The molecule has 2 aromatic heterocycles. The number of thiazole rings is 1. The summed E-state index contributed by atoms with van der Waals surface area (Å²) in [6.07, 6.45) is 0. The number of hydrogen-bond acceptors (Lipinski definition) is 6. The third kappa shape index (κ3) is 3.77. The first-order chi connectivity index (χ1) is 14.0. The van der Waals surface area contributed by atoms with Gasteiger partial charge >= 0.3 is 0 Å². The Morgan fingerprint density at radius 1 is 1.24 bits per heavy atom. The molecule has 156 valence electrons. The highest BCUT2D eigenvalue weighted by atomic mass is 32.1. The van der Waals surface area contributed by atoms with Crippen LogP contribution in [0.3, 0.4) is 0 Å². The van der Waals surface area contributed by atoms with Gasteiger partial charge in [0.2, 0.25) is 10.8 Å². The highest BCUT2D eigenvalue weighted by molar-refractivity contribution is 7.17. The molecule has 9 heteroatoms. The molecule has 1 aromatic carbocycles. The topological polar surface area (TPSA) is 77.8 Å². The third-order valence-electron chi connectivity index (χ3n) is 5.54. The van der Waals surface area contributed by atoms with Crippen LogP contribution in [0.4, 0.5) is 0 Å².